The Balaban J connectivity index is 2.54. The predicted molar refractivity (Wildman–Crippen MR) is 82.2 cm³/mol. The monoisotopic (exact) mass is 246 g/mol. The minimum atomic E-state index is 1.10. The molecule has 0 aliphatic carbocycles. The Hall–Kier alpha value is -0.980. The van der Waals surface area contributed by atoms with Crippen molar-refractivity contribution in [3.63, 3.8) is 0 Å². The molecule has 18 heavy (non-hydrogen) atoms. The molecule has 0 atom stereocenters. The minimum absolute atomic E-state index is 1.10. The number of hydrogen-bond acceptors (Lipinski definition) is 1. The summed E-state index contributed by atoms with van der Waals surface area (Å²) in [5, 5.41) is 0. The van der Waals surface area contributed by atoms with Crippen molar-refractivity contribution in [3.05, 3.63) is 36.8 Å². The van der Waals surface area contributed by atoms with Crippen LogP contribution in [0, 0.1) is 6.92 Å². The number of anilines is 1. The Morgan fingerprint density at radius 3 is 1.78 bits per heavy atom. The van der Waals surface area contributed by atoms with Crippen LogP contribution in [-0.2, 0) is 0 Å². The summed E-state index contributed by atoms with van der Waals surface area (Å²) in [6, 6.07) is 8.64. The zero-order valence-corrected chi connectivity index (χ0v) is 12.1. The fraction of sp³-hybridized carbons (Fsp3) is 0.588. The van der Waals surface area contributed by atoms with Gasteiger partial charge >= 0.3 is 0 Å². The first-order valence-electron chi connectivity index (χ1n) is 7.45. The molecule has 0 bridgehead atoms. The van der Waals surface area contributed by atoms with Crippen LogP contribution in [0.3, 0.4) is 0 Å². The molecule has 0 N–H and O–H groups in total. The smallest absolute Gasteiger partial charge is 0.0366 e. The topological polar surface area (TPSA) is 3.24 Å². The van der Waals surface area contributed by atoms with Gasteiger partial charge in [-0.2, -0.15) is 0 Å². The standard InChI is InChI=1S/C17H28N/c1-4-6-8-14-18(15-9-7-5-2)17-12-10-16(3)11-13-17/h10-13H,3-9,14-15H2,1-2H3. The van der Waals surface area contributed by atoms with Gasteiger partial charge in [0.2, 0.25) is 0 Å². The van der Waals surface area contributed by atoms with E-state index in [1.54, 1.807) is 0 Å². The zero-order valence-electron chi connectivity index (χ0n) is 12.1. The van der Waals surface area contributed by atoms with Gasteiger partial charge in [-0.15, -0.1) is 0 Å². The average Bonchev–Trinajstić information content (AvgIpc) is 2.38. The minimum Gasteiger partial charge on any atom is -0.372 e. The van der Waals surface area contributed by atoms with Gasteiger partial charge in [-0.05, 0) is 37.5 Å². The second kappa shape index (κ2) is 9.02. The molecule has 1 rings (SSSR count). The summed E-state index contributed by atoms with van der Waals surface area (Å²) in [7, 11) is 0. The Kier molecular flexibility index (Phi) is 7.55. The van der Waals surface area contributed by atoms with Crippen LogP contribution in [0.2, 0.25) is 0 Å². The SMILES string of the molecule is [CH2]c1ccc(N(CCCCC)CCCCC)cc1. The molecule has 0 fully saturated rings. The summed E-state index contributed by atoms with van der Waals surface area (Å²) in [6.07, 6.45) is 7.85. The summed E-state index contributed by atoms with van der Waals surface area (Å²) in [6.45, 7) is 10.9. The van der Waals surface area contributed by atoms with E-state index in [0.717, 1.165) is 5.56 Å². The molecular formula is C17H28N. The zero-order chi connectivity index (χ0) is 13.2. The van der Waals surface area contributed by atoms with Crippen molar-refractivity contribution in [2.24, 2.45) is 0 Å². The molecule has 0 saturated carbocycles. The molecule has 0 aliphatic rings. The molecule has 0 aromatic heterocycles. The van der Waals surface area contributed by atoms with E-state index in [0.29, 0.717) is 0 Å². The van der Waals surface area contributed by atoms with E-state index >= 15 is 0 Å². The van der Waals surface area contributed by atoms with E-state index in [1.807, 2.05) is 0 Å². The summed E-state index contributed by atoms with van der Waals surface area (Å²) in [5.74, 6) is 0. The van der Waals surface area contributed by atoms with Crippen molar-refractivity contribution in [3.8, 4) is 0 Å². The van der Waals surface area contributed by atoms with Gasteiger partial charge in [0.1, 0.15) is 0 Å². The van der Waals surface area contributed by atoms with Crippen LogP contribution in [0.15, 0.2) is 24.3 Å². The van der Waals surface area contributed by atoms with Crippen molar-refractivity contribution >= 4 is 5.69 Å². The summed E-state index contributed by atoms with van der Waals surface area (Å²) >= 11 is 0. The van der Waals surface area contributed by atoms with E-state index < -0.39 is 0 Å². The summed E-state index contributed by atoms with van der Waals surface area (Å²) in [5.41, 5.74) is 2.45. The molecule has 1 heteroatoms. The number of nitrogens with zero attached hydrogens (tertiary/aromatic N) is 1. The first-order valence-corrected chi connectivity index (χ1v) is 7.45. The third-order valence-electron chi connectivity index (χ3n) is 3.36. The quantitative estimate of drug-likeness (QED) is 0.551. The lowest BCUT2D eigenvalue weighted by molar-refractivity contribution is 0.636. The molecule has 0 amide bonds. The highest BCUT2D eigenvalue weighted by molar-refractivity contribution is 5.47. The van der Waals surface area contributed by atoms with Crippen LogP contribution in [0.4, 0.5) is 5.69 Å². The molecule has 1 radical (unpaired) electrons. The Bertz CT molecular complexity index is 292. The third kappa shape index (κ3) is 5.57. The van der Waals surface area contributed by atoms with E-state index in [9.17, 15) is 0 Å². The van der Waals surface area contributed by atoms with Crippen LogP contribution >= 0.6 is 0 Å². The number of benzene rings is 1. The highest BCUT2D eigenvalue weighted by Gasteiger charge is 2.05. The lowest BCUT2D eigenvalue weighted by Crippen LogP contribution is -2.25. The molecule has 101 valence electrons. The van der Waals surface area contributed by atoms with Crippen molar-refractivity contribution in [1.82, 2.24) is 0 Å². The number of hydrogen-bond donors (Lipinski definition) is 0. The predicted octanol–water partition coefficient (Wildman–Crippen LogP) is 5.06. The van der Waals surface area contributed by atoms with E-state index in [4.69, 9.17) is 0 Å². The Labute approximate surface area is 113 Å². The maximum atomic E-state index is 3.95. The fourth-order valence-corrected chi connectivity index (χ4v) is 2.18. The third-order valence-corrected chi connectivity index (χ3v) is 3.36. The van der Waals surface area contributed by atoms with E-state index in [2.05, 4.69) is 49.9 Å². The molecule has 0 spiro atoms. The molecule has 0 heterocycles. The molecule has 0 unspecified atom stereocenters. The summed E-state index contributed by atoms with van der Waals surface area (Å²) in [4.78, 5) is 2.53. The molecule has 1 aromatic carbocycles. The average molecular weight is 246 g/mol. The molecule has 0 saturated heterocycles. The number of unbranched alkanes of at least 4 members (excludes halogenated alkanes) is 4. The van der Waals surface area contributed by atoms with Gasteiger partial charge in [-0.1, -0.05) is 51.7 Å². The molecule has 0 aliphatic heterocycles. The van der Waals surface area contributed by atoms with Gasteiger partial charge < -0.3 is 4.90 Å². The van der Waals surface area contributed by atoms with Crippen molar-refractivity contribution in [2.45, 2.75) is 52.4 Å². The highest BCUT2D eigenvalue weighted by atomic mass is 15.1. The van der Waals surface area contributed by atoms with Crippen LogP contribution in [0.25, 0.3) is 0 Å². The van der Waals surface area contributed by atoms with Crippen LogP contribution in [-0.4, -0.2) is 13.1 Å². The second-order valence-electron chi connectivity index (χ2n) is 5.07. The van der Waals surface area contributed by atoms with Gasteiger partial charge in [-0.25, -0.2) is 0 Å². The lowest BCUT2D eigenvalue weighted by atomic mass is 10.1. The number of rotatable bonds is 9. The highest BCUT2D eigenvalue weighted by Crippen LogP contribution is 2.17. The Morgan fingerprint density at radius 2 is 1.33 bits per heavy atom. The Morgan fingerprint density at radius 1 is 0.833 bits per heavy atom. The van der Waals surface area contributed by atoms with Crippen LogP contribution in [0.5, 0.6) is 0 Å². The van der Waals surface area contributed by atoms with Crippen LogP contribution < -0.4 is 4.90 Å². The fourth-order valence-electron chi connectivity index (χ4n) is 2.18. The van der Waals surface area contributed by atoms with E-state index in [-0.39, 0.29) is 0 Å². The van der Waals surface area contributed by atoms with Crippen LogP contribution in [0.1, 0.15) is 57.9 Å². The van der Waals surface area contributed by atoms with Crippen molar-refractivity contribution in [1.29, 1.82) is 0 Å². The van der Waals surface area contributed by atoms with Gasteiger partial charge in [0, 0.05) is 18.8 Å². The molecular weight excluding hydrogens is 218 g/mol. The maximum Gasteiger partial charge on any atom is 0.0366 e. The van der Waals surface area contributed by atoms with Gasteiger partial charge in [-0.3, -0.25) is 0 Å². The van der Waals surface area contributed by atoms with Gasteiger partial charge in [0.05, 0.1) is 0 Å². The molecule has 1 aromatic rings. The van der Waals surface area contributed by atoms with Gasteiger partial charge in [0.25, 0.3) is 0 Å². The van der Waals surface area contributed by atoms with Crippen molar-refractivity contribution < 1.29 is 0 Å². The largest absolute Gasteiger partial charge is 0.372 e. The second-order valence-corrected chi connectivity index (χ2v) is 5.07. The summed E-state index contributed by atoms with van der Waals surface area (Å²) < 4.78 is 0. The normalized spacial score (nSPS) is 10.6. The lowest BCUT2D eigenvalue weighted by Gasteiger charge is -2.25. The first-order chi connectivity index (χ1) is 8.77. The van der Waals surface area contributed by atoms with Crippen molar-refractivity contribution in [2.75, 3.05) is 18.0 Å². The maximum absolute atomic E-state index is 3.95. The van der Waals surface area contributed by atoms with E-state index in [1.165, 1.54) is 57.3 Å². The first kappa shape index (κ1) is 15.1. The molecule has 1 nitrogen and oxygen atoms in total. The van der Waals surface area contributed by atoms with Gasteiger partial charge in [0.15, 0.2) is 0 Å².